The number of nitrogens with zero attached hydrogens (tertiary/aromatic N) is 1. The van der Waals surface area contributed by atoms with Crippen molar-refractivity contribution in [2.24, 2.45) is 0 Å². The van der Waals surface area contributed by atoms with Gasteiger partial charge in [0.2, 0.25) is 5.91 Å². The first-order chi connectivity index (χ1) is 8.75. The Balaban J connectivity index is 1.69. The third-order valence-corrected chi connectivity index (χ3v) is 3.45. The molecule has 4 heteroatoms. The third kappa shape index (κ3) is 3.81. The molecule has 1 fully saturated rings. The zero-order valence-corrected chi connectivity index (χ0v) is 10.9. The molecule has 2 heterocycles. The highest BCUT2D eigenvalue weighted by atomic mass is 16.1. The standard InChI is InChI=1S/C14H21N3O/c1-11-4-2-9-16-13(11)10-17-14(18)7-6-12-5-3-8-15-12/h2,4,9,12,15H,3,5-8,10H2,1H3,(H,17,18). The molecule has 18 heavy (non-hydrogen) atoms. The second-order valence-corrected chi connectivity index (χ2v) is 4.88. The lowest BCUT2D eigenvalue weighted by Crippen LogP contribution is -2.27. The van der Waals surface area contributed by atoms with Gasteiger partial charge in [0.1, 0.15) is 0 Å². The number of amides is 1. The van der Waals surface area contributed by atoms with Crippen molar-refractivity contribution in [3.63, 3.8) is 0 Å². The van der Waals surface area contributed by atoms with Gasteiger partial charge < -0.3 is 10.6 Å². The molecule has 0 aliphatic carbocycles. The van der Waals surface area contributed by atoms with E-state index >= 15 is 0 Å². The summed E-state index contributed by atoms with van der Waals surface area (Å²) in [4.78, 5) is 16.0. The minimum atomic E-state index is 0.119. The van der Waals surface area contributed by atoms with E-state index in [0.717, 1.165) is 24.2 Å². The second-order valence-electron chi connectivity index (χ2n) is 4.88. The molecular formula is C14H21N3O. The van der Waals surface area contributed by atoms with Crippen molar-refractivity contribution in [1.82, 2.24) is 15.6 Å². The van der Waals surface area contributed by atoms with Crippen molar-refractivity contribution in [2.75, 3.05) is 6.54 Å². The fourth-order valence-corrected chi connectivity index (χ4v) is 2.28. The maximum Gasteiger partial charge on any atom is 0.220 e. The number of hydrogen-bond donors (Lipinski definition) is 2. The average Bonchev–Trinajstić information content (AvgIpc) is 2.88. The fourth-order valence-electron chi connectivity index (χ4n) is 2.28. The molecule has 1 saturated heterocycles. The number of carbonyl (C=O) groups is 1. The van der Waals surface area contributed by atoms with E-state index in [1.54, 1.807) is 6.20 Å². The summed E-state index contributed by atoms with van der Waals surface area (Å²) in [6.07, 6.45) is 5.74. The van der Waals surface area contributed by atoms with Crippen LogP contribution in [0.25, 0.3) is 0 Å². The Hall–Kier alpha value is -1.42. The molecule has 1 aliphatic heterocycles. The number of hydrogen-bond acceptors (Lipinski definition) is 3. The van der Waals surface area contributed by atoms with E-state index in [0.29, 0.717) is 19.0 Å². The first-order valence-electron chi connectivity index (χ1n) is 6.66. The monoisotopic (exact) mass is 247 g/mol. The third-order valence-electron chi connectivity index (χ3n) is 3.45. The van der Waals surface area contributed by atoms with Gasteiger partial charge in [-0.3, -0.25) is 9.78 Å². The van der Waals surface area contributed by atoms with E-state index in [1.807, 2.05) is 19.1 Å². The Kier molecular flexibility index (Phi) is 4.70. The summed E-state index contributed by atoms with van der Waals surface area (Å²) in [5.74, 6) is 0.119. The smallest absolute Gasteiger partial charge is 0.220 e. The van der Waals surface area contributed by atoms with Crippen LogP contribution in [0.3, 0.4) is 0 Å². The Morgan fingerprint density at radius 2 is 2.50 bits per heavy atom. The van der Waals surface area contributed by atoms with Crippen LogP contribution in [-0.4, -0.2) is 23.5 Å². The predicted molar refractivity (Wildman–Crippen MR) is 71.1 cm³/mol. The summed E-state index contributed by atoms with van der Waals surface area (Å²) in [6.45, 7) is 3.64. The average molecular weight is 247 g/mol. The van der Waals surface area contributed by atoms with Crippen molar-refractivity contribution in [3.05, 3.63) is 29.6 Å². The summed E-state index contributed by atoms with van der Waals surface area (Å²) in [6, 6.07) is 4.45. The number of aryl methyl sites for hydroxylation is 1. The lowest BCUT2D eigenvalue weighted by atomic mass is 10.1. The molecule has 4 nitrogen and oxygen atoms in total. The Labute approximate surface area is 108 Å². The van der Waals surface area contributed by atoms with Crippen LogP contribution in [0.5, 0.6) is 0 Å². The van der Waals surface area contributed by atoms with Gasteiger partial charge in [0.05, 0.1) is 12.2 Å². The van der Waals surface area contributed by atoms with Gasteiger partial charge in [-0.05, 0) is 44.4 Å². The van der Waals surface area contributed by atoms with Crippen LogP contribution in [0.2, 0.25) is 0 Å². The van der Waals surface area contributed by atoms with Crippen LogP contribution >= 0.6 is 0 Å². The molecule has 0 bridgehead atoms. The maximum atomic E-state index is 11.7. The molecule has 0 saturated carbocycles. The minimum absolute atomic E-state index is 0.119. The van der Waals surface area contributed by atoms with E-state index in [9.17, 15) is 4.79 Å². The first kappa shape index (κ1) is 13.0. The van der Waals surface area contributed by atoms with E-state index in [1.165, 1.54) is 12.8 Å². The predicted octanol–water partition coefficient (Wildman–Crippen LogP) is 1.54. The summed E-state index contributed by atoms with van der Waals surface area (Å²) >= 11 is 0. The van der Waals surface area contributed by atoms with Crippen molar-refractivity contribution >= 4 is 5.91 Å². The zero-order chi connectivity index (χ0) is 12.8. The Morgan fingerprint density at radius 3 is 3.22 bits per heavy atom. The van der Waals surface area contributed by atoms with Crippen molar-refractivity contribution in [3.8, 4) is 0 Å². The second kappa shape index (κ2) is 6.50. The number of rotatable bonds is 5. The van der Waals surface area contributed by atoms with Gasteiger partial charge in [-0.2, -0.15) is 0 Å². The van der Waals surface area contributed by atoms with Crippen LogP contribution < -0.4 is 10.6 Å². The molecule has 1 aromatic rings. The molecule has 1 amide bonds. The highest BCUT2D eigenvalue weighted by Gasteiger charge is 2.15. The van der Waals surface area contributed by atoms with Gasteiger partial charge in [-0.15, -0.1) is 0 Å². The molecular weight excluding hydrogens is 226 g/mol. The normalized spacial score (nSPS) is 18.8. The molecule has 1 atom stereocenters. The van der Waals surface area contributed by atoms with Crippen LogP contribution in [0, 0.1) is 6.92 Å². The van der Waals surface area contributed by atoms with Gasteiger partial charge in [0.15, 0.2) is 0 Å². The highest BCUT2D eigenvalue weighted by Crippen LogP contribution is 2.10. The summed E-state index contributed by atoms with van der Waals surface area (Å²) in [5, 5.41) is 6.34. The first-order valence-corrected chi connectivity index (χ1v) is 6.66. The number of nitrogens with one attached hydrogen (secondary N) is 2. The molecule has 98 valence electrons. The lowest BCUT2D eigenvalue weighted by Gasteiger charge is -2.10. The van der Waals surface area contributed by atoms with Crippen molar-refractivity contribution in [2.45, 2.75) is 45.2 Å². The van der Waals surface area contributed by atoms with Crippen LogP contribution in [0.15, 0.2) is 18.3 Å². The van der Waals surface area contributed by atoms with Crippen molar-refractivity contribution in [1.29, 1.82) is 0 Å². The van der Waals surface area contributed by atoms with Gasteiger partial charge in [-0.25, -0.2) is 0 Å². The van der Waals surface area contributed by atoms with Gasteiger partial charge >= 0.3 is 0 Å². The summed E-state index contributed by atoms with van der Waals surface area (Å²) < 4.78 is 0. The number of pyridine rings is 1. The Morgan fingerprint density at radius 1 is 1.61 bits per heavy atom. The summed E-state index contributed by atoms with van der Waals surface area (Å²) in [5.41, 5.74) is 2.07. The quantitative estimate of drug-likeness (QED) is 0.830. The summed E-state index contributed by atoms with van der Waals surface area (Å²) in [7, 11) is 0. The highest BCUT2D eigenvalue weighted by molar-refractivity contribution is 5.75. The molecule has 1 aromatic heterocycles. The molecule has 1 unspecified atom stereocenters. The molecule has 0 aromatic carbocycles. The fraction of sp³-hybridized carbons (Fsp3) is 0.571. The van der Waals surface area contributed by atoms with Gasteiger partial charge in [-0.1, -0.05) is 6.07 Å². The van der Waals surface area contributed by atoms with Gasteiger partial charge in [0, 0.05) is 18.7 Å². The lowest BCUT2D eigenvalue weighted by molar-refractivity contribution is -0.121. The van der Waals surface area contributed by atoms with Crippen LogP contribution in [-0.2, 0) is 11.3 Å². The van der Waals surface area contributed by atoms with E-state index in [-0.39, 0.29) is 5.91 Å². The van der Waals surface area contributed by atoms with Crippen LogP contribution in [0.4, 0.5) is 0 Å². The Bertz CT molecular complexity index is 400. The largest absolute Gasteiger partial charge is 0.350 e. The van der Waals surface area contributed by atoms with E-state index in [4.69, 9.17) is 0 Å². The van der Waals surface area contributed by atoms with E-state index in [2.05, 4.69) is 15.6 Å². The SMILES string of the molecule is Cc1cccnc1CNC(=O)CCC1CCCN1. The van der Waals surface area contributed by atoms with Crippen LogP contribution in [0.1, 0.15) is 36.9 Å². The molecule has 0 spiro atoms. The topological polar surface area (TPSA) is 54.0 Å². The molecule has 2 rings (SSSR count). The zero-order valence-electron chi connectivity index (χ0n) is 10.9. The molecule has 2 N–H and O–H groups in total. The maximum absolute atomic E-state index is 11.7. The van der Waals surface area contributed by atoms with Crippen molar-refractivity contribution < 1.29 is 4.79 Å². The van der Waals surface area contributed by atoms with Gasteiger partial charge in [0.25, 0.3) is 0 Å². The molecule has 1 aliphatic rings. The van der Waals surface area contributed by atoms with E-state index < -0.39 is 0 Å². The number of carbonyl (C=O) groups excluding carboxylic acids is 1. The molecule has 0 radical (unpaired) electrons. The number of aromatic nitrogens is 1. The minimum Gasteiger partial charge on any atom is -0.350 e.